The number of sulfonamides is 1. The van der Waals surface area contributed by atoms with Gasteiger partial charge in [0.05, 0.1) is 12.0 Å². The van der Waals surface area contributed by atoms with Crippen molar-refractivity contribution in [1.82, 2.24) is 4.31 Å². The Balaban J connectivity index is 1.67. The van der Waals surface area contributed by atoms with Gasteiger partial charge in [-0.3, -0.25) is 0 Å². The summed E-state index contributed by atoms with van der Waals surface area (Å²) >= 11 is 13.8. The van der Waals surface area contributed by atoms with Crippen LogP contribution >= 0.6 is 35.0 Å². The Morgan fingerprint density at radius 1 is 1.13 bits per heavy atom. The second-order valence-electron chi connectivity index (χ2n) is 8.20. The maximum atomic E-state index is 13.5. The third kappa shape index (κ3) is 6.75. The van der Waals surface area contributed by atoms with Crippen molar-refractivity contribution < 1.29 is 41.2 Å². The number of carbonyl (C=O) groups excluding carboxylic acids is 1. The molecule has 1 fully saturated rings. The molecular weight excluding hydrogens is 597 g/mol. The molecule has 0 bridgehead atoms. The summed E-state index contributed by atoms with van der Waals surface area (Å²) in [5.41, 5.74) is 0.817. The largest absolute Gasteiger partial charge is 0.493 e. The van der Waals surface area contributed by atoms with Crippen molar-refractivity contribution in [2.75, 3.05) is 19.4 Å². The van der Waals surface area contributed by atoms with Gasteiger partial charge in [0, 0.05) is 24.3 Å². The zero-order chi connectivity index (χ0) is 28.2. The Labute approximate surface area is 238 Å². The second kappa shape index (κ2) is 12.7. The number of hydrogen-bond acceptors (Lipinski definition) is 7. The van der Waals surface area contributed by atoms with Crippen LogP contribution in [0.15, 0.2) is 65.8 Å². The standard InChI is InChI=1S/C25H22Cl2F2N2O6S2/c1-35-22-11-15(7-8-20(22)37-25(28)29)21(12-17-18(26)13-30-14-19(17)27)36-24(32)23-31(9-10-38-23)39(33,34)16-5-3-2-4-6-16/h2-8,11,13-14,21,23,25H,9-10,12H2,1H3/p+1/t21-,23-/m0/s1. The summed E-state index contributed by atoms with van der Waals surface area (Å²) in [6, 6.07) is 11.9. The lowest BCUT2D eigenvalue weighted by Gasteiger charge is -2.25. The molecule has 0 saturated carbocycles. The zero-order valence-corrected chi connectivity index (χ0v) is 23.5. The molecule has 3 aromatic rings. The average molecular weight is 621 g/mol. The number of nitrogens with zero attached hydrogens (tertiary/aromatic N) is 1. The number of aromatic nitrogens is 1. The minimum absolute atomic E-state index is 0.000879. The molecule has 39 heavy (non-hydrogen) atoms. The molecular formula is C25H23Cl2F2N2O6S2+. The fourth-order valence-electron chi connectivity index (χ4n) is 3.97. The topological polar surface area (TPSA) is 96.3 Å². The van der Waals surface area contributed by atoms with Crippen LogP contribution in [0.25, 0.3) is 0 Å². The molecule has 0 aliphatic carbocycles. The normalized spacial score (nSPS) is 16.7. The van der Waals surface area contributed by atoms with E-state index in [1.807, 2.05) is 0 Å². The molecule has 1 N–H and O–H groups in total. The fourth-order valence-corrected chi connectivity index (χ4v) is 7.58. The molecule has 2 heterocycles. The van der Waals surface area contributed by atoms with Crippen molar-refractivity contribution in [1.29, 1.82) is 0 Å². The molecule has 8 nitrogen and oxygen atoms in total. The van der Waals surface area contributed by atoms with Crippen molar-refractivity contribution in [3.8, 4) is 11.5 Å². The molecule has 0 radical (unpaired) electrons. The molecule has 2 atom stereocenters. The number of aromatic amines is 1. The minimum Gasteiger partial charge on any atom is -0.493 e. The smallest absolute Gasteiger partial charge is 0.387 e. The molecule has 1 aliphatic rings. The van der Waals surface area contributed by atoms with Gasteiger partial charge in [-0.2, -0.15) is 13.1 Å². The highest BCUT2D eigenvalue weighted by molar-refractivity contribution is 8.02. The van der Waals surface area contributed by atoms with E-state index in [0.29, 0.717) is 16.9 Å². The van der Waals surface area contributed by atoms with Crippen molar-refractivity contribution in [2.45, 2.75) is 29.4 Å². The number of nitrogens with one attached hydrogen (secondary N) is 1. The van der Waals surface area contributed by atoms with Crippen LogP contribution in [0.5, 0.6) is 11.5 Å². The van der Waals surface area contributed by atoms with Crippen LogP contribution in [-0.4, -0.2) is 50.1 Å². The van der Waals surface area contributed by atoms with Crippen LogP contribution in [0.1, 0.15) is 17.2 Å². The highest BCUT2D eigenvalue weighted by atomic mass is 35.5. The highest BCUT2D eigenvalue weighted by Crippen LogP contribution is 2.37. The average Bonchev–Trinajstić information content (AvgIpc) is 3.42. The molecule has 1 aliphatic heterocycles. The SMILES string of the molecule is COc1cc([C@H](Cc2c(Cl)c[nH+]cc2Cl)OC(=O)[C@@H]2SCCN2S(=O)(=O)c2ccccc2)ccc1OC(F)F. The summed E-state index contributed by atoms with van der Waals surface area (Å²) in [6.07, 6.45) is 1.97. The molecule has 0 unspecified atom stereocenters. The van der Waals surface area contributed by atoms with Crippen molar-refractivity contribution in [3.05, 3.63) is 82.1 Å². The Hall–Kier alpha value is -2.64. The van der Waals surface area contributed by atoms with Crippen molar-refractivity contribution in [3.63, 3.8) is 0 Å². The summed E-state index contributed by atoms with van der Waals surface area (Å²) in [7, 11) is -2.70. The van der Waals surface area contributed by atoms with E-state index in [2.05, 4.69) is 9.72 Å². The summed E-state index contributed by atoms with van der Waals surface area (Å²) in [4.78, 5) is 16.3. The van der Waals surface area contributed by atoms with Gasteiger partial charge >= 0.3 is 12.6 Å². The van der Waals surface area contributed by atoms with Crippen LogP contribution in [0.2, 0.25) is 10.0 Å². The number of H-pyrrole nitrogens is 1. The second-order valence-corrected chi connectivity index (χ2v) is 12.1. The van der Waals surface area contributed by atoms with E-state index in [1.54, 1.807) is 18.2 Å². The Kier molecular flexibility index (Phi) is 9.55. The number of alkyl halides is 2. The van der Waals surface area contributed by atoms with E-state index in [0.717, 1.165) is 16.1 Å². The van der Waals surface area contributed by atoms with Gasteiger partial charge in [-0.25, -0.2) is 18.2 Å². The maximum Gasteiger partial charge on any atom is 0.387 e. The molecule has 208 valence electrons. The summed E-state index contributed by atoms with van der Waals surface area (Å²) < 4.78 is 68.9. The van der Waals surface area contributed by atoms with Crippen LogP contribution in [0.3, 0.4) is 0 Å². The molecule has 0 spiro atoms. The van der Waals surface area contributed by atoms with Crippen molar-refractivity contribution >= 4 is 51.0 Å². The van der Waals surface area contributed by atoms with Crippen LogP contribution in [0, 0.1) is 0 Å². The first-order valence-electron chi connectivity index (χ1n) is 11.5. The van der Waals surface area contributed by atoms with E-state index >= 15 is 0 Å². The van der Waals surface area contributed by atoms with E-state index in [4.69, 9.17) is 32.7 Å². The van der Waals surface area contributed by atoms with Gasteiger partial charge in [-0.05, 0) is 29.8 Å². The predicted octanol–water partition coefficient (Wildman–Crippen LogP) is 5.01. The lowest BCUT2D eigenvalue weighted by atomic mass is 10.0. The first kappa shape index (κ1) is 29.3. The minimum atomic E-state index is -3.98. The van der Waals surface area contributed by atoms with Gasteiger partial charge in [0.2, 0.25) is 10.0 Å². The van der Waals surface area contributed by atoms with E-state index in [9.17, 15) is 22.0 Å². The predicted molar refractivity (Wildman–Crippen MR) is 142 cm³/mol. The summed E-state index contributed by atoms with van der Waals surface area (Å²) in [6.45, 7) is -2.96. The van der Waals surface area contributed by atoms with Crippen LogP contribution < -0.4 is 14.5 Å². The molecule has 2 aromatic carbocycles. The first-order valence-corrected chi connectivity index (χ1v) is 14.7. The summed E-state index contributed by atoms with van der Waals surface area (Å²) in [5.74, 6) is -0.645. The van der Waals surface area contributed by atoms with Gasteiger partial charge in [0.1, 0.15) is 16.1 Å². The highest BCUT2D eigenvalue weighted by Gasteiger charge is 2.42. The molecule has 0 amide bonds. The number of thioether (sulfide) groups is 1. The monoisotopic (exact) mass is 619 g/mol. The Morgan fingerprint density at radius 2 is 1.82 bits per heavy atom. The molecule has 14 heteroatoms. The van der Waals surface area contributed by atoms with Crippen molar-refractivity contribution in [2.24, 2.45) is 0 Å². The summed E-state index contributed by atoms with van der Waals surface area (Å²) in [5, 5.41) is -0.593. The molecule has 1 aromatic heterocycles. The Morgan fingerprint density at radius 3 is 2.46 bits per heavy atom. The van der Waals surface area contributed by atoms with Gasteiger partial charge in [-0.1, -0.05) is 47.5 Å². The van der Waals surface area contributed by atoms with E-state index in [1.165, 1.54) is 49.8 Å². The number of carbonyl (C=O) groups is 1. The maximum absolute atomic E-state index is 13.5. The number of hydrogen-bond donors (Lipinski definition) is 0. The number of pyridine rings is 1. The number of benzene rings is 2. The first-order chi connectivity index (χ1) is 18.6. The van der Waals surface area contributed by atoms with Crippen LogP contribution in [-0.2, 0) is 26.0 Å². The molecule has 4 rings (SSSR count). The number of esters is 1. The third-order valence-electron chi connectivity index (χ3n) is 5.82. The van der Waals surface area contributed by atoms with Gasteiger partial charge in [0.15, 0.2) is 29.3 Å². The third-order valence-corrected chi connectivity index (χ3v) is 9.69. The van der Waals surface area contributed by atoms with Gasteiger partial charge in [0.25, 0.3) is 0 Å². The van der Waals surface area contributed by atoms with Crippen LogP contribution in [0.4, 0.5) is 8.78 Å². The van der Waals surface area contributed by atoms with Gasteiger partial charge < -0.3 is 14.2 Å². The van der Waals surface area contributed by atoms with E-state index < -0.39 is 34.1 Å². The Bertz CT molecular complexity index is 1410. The van der Waals surface area contributed by atoms with E-state index in [-0.39, 0.29) is 39.4 Å². The fraction of sp³-hybridized carbons (Fsp3) is 0.280. The number of ether oxygens (including phenoxy) is 3. The molecule has 1 saturated heterocycles. The zero-order valence-electron chi connectivity index (χ0n) is 20.4. The van der Waals surface area contributed by atoms with Gasteiger partial charge in [-0.15, -0.1) is 11.8 Å². The lowest BCUT2D eigenvalue weighted by Crippen LogP contribution is -2.40. The quantitative estimate of drug-likeness (QED) is 0.294. The number of halogens is 4. The number of rotatable bonds is 10. The number of methoxy groups -OCH3 is 1. The lowest BCUT2D eigenvalue weighted by molar-refractivity contribution is -0.377.